The van der Waals surface area contributed by atoms with Crippen LogP contribution < -0.4 is 5.32 Å². The fraction of sp³-hybridized carbons (Fsp3) is 0.107. The number of carbonyl (C=O) groups excluding carboxylic acids is 1. The molecule has 0 saturated carbocycles. The minimum absolute atomic E-state index is 0.171. The fourth-order valence-electron chi connectivity index (χ4n) is 3.55. The molecule has 0 aliphatic rings. The van der Waals surface area contributed by atoms with Crippen LogP contribution in [0, 0.1) is 25.2 Å². The molecule has 1 N–H and O–H groups in total. The fourth-order valence-corrected chi connectivity index (χ4v) is 3.55. The molecular formula is C28H23N3O. The Balaban J connectivity index is 1.72. The first-order chi connectivity index (χ1) is 15.5. The van der Waals surface area contributed by atoms with Crippen molar-refractivity contribution in [3.8, 4) is 28.3 Å². The Labute approximate surface area is 188 Å². The number of carbonyl (C=O) groups is 1. The molecule has 1 amide bonds. The minimum atomic E-state index is -0.171. The van der Waals surface area contributed by atoms with Gasteiger partial charge in [-0.15, -0.1) is 0 Å². The zero-order valence-corrected chi connectivity index (χ0v) is 18.1. The van der Waals surface area contributed by atoms with Crippen LogP contribution in [0.1, 0.15) is 32.7 Å². The number of amides is 1. The minimum Gasteiger partial charge on any atom is -0.348 e. The Bertz CT molecular complexity index is 1300. The maximum absolute atomic E-state index is 13.1. The number of pyridine rings is 1. The van der Waals surface area contributed by atoms with Gasteiger partial charge in [0.15, 0.2) is 0 Å². The summed E-state index contributed by atoms with van der Waals surface area (Å²) in [7, 11) is 0. The molecule has 4 aromatic rings. The van der Waals surface area contributed by atoms with Gasteiger partial charge in [-0.2, -0.15) is 5.26 Å². The van der Waals surface area contributed by atoms with Crippen molar-refractivity contribution < 1.29 is 4.79 Å². The third-order valence-electron chi connectivity index (χ3n) is 5.36. The first kappa shape index (κ1) is 21.0. The molecule has 0 aliphatic heterocycles. The van der Waals surface area contributed by atoms with Crippen LogP contribution in [-0.2, 0) is 6.54 Å². The molecule has 0 spiro atoms. The molecule has 1 aromatic heterocycles. The average molecular weight is 418 g/mol. The van der Waals surface area contributed by atoms with Crippen LogP contribution in [0.15, 0.2) is 85.1 Å². The normalized spacial score (nSPS) is 10.4. The van der Waals surface area contributed by atoms with Crippen molar-refractivity contribution in [2.75, 3.05) is 0 Å². The van der Waals surface area contributed by atoms with Gasteiger partial charge in [0.2, 0.25) is 0 Å². The number of rotatable bonds is 5. The number of benzene rings is 3. The summed E-state index contributed by atoms with van der Waals surface area (Å²) >= 11 is 0. The van der Waals surface area contributed by atoms with E-state index in [1.54, 1.807) is 12.3 Å². The van der Waals surface area contributed by atoms with Crippen LogP contribution >= 0.6 is 0 Å². The van der Waals surface area contributed by atoms with Crippen molar-refractivity contribution in [2.24, 2.45) is 0 Å². The van der Waals surface area contributed by atoms with Gasteiger partial charge >= 0.3 is 0 Å². The highest BCUT2D eigenvalue weighted by Crippen LogP contribution is 2.30. The second kappa shape index (κ2) is 9.28. The number of nitrogens with zero attached hydrogens (tertiary/aromatic N) is 2. The van der Waals surface area contributed by atoms with E-state index in [9.17, 15) is 10.1 Å². The molecule has 0 unspecified atom stereocenters. The van der Waals surface area contributed by atoms with Crippen LogP contribution in [-0.4, -0.2) is 10.9 Å². The largest absolute Gasteiger partial charge is 0.348 e. The molecule has 0 aliphatic carbocycles. The summed E-state index contributed by atoms with van der Waals surface area (Å²) in [6, 6.07) is 27.5. The van der Waals surface area contributed by atoms with Crippen molar-refractivity contribution in [1.29, 1.82) is 5.26 Å². The number of nitriles is 1. The lowest BCUT2D eigenvalue weighted by Crippen LogP contribution is -2.23. The second-order valence-electron chi connectivity index (χ2n) is 7.81. The Morgan fingerprint density at radius 3 is 2.38 bits per heavy atom. The third kappa shape index (κ3) is 4.74. The lowest BCUT2D eigenvalue weighted by atomic mass is 9.93. The van der Waals surface area contributed by atoms with Crippen molar-refractivity contribution in [3.63, 3.8) is 0 Å². The quantitative estimate of drug-likeness (QED) is 0.444. The zero-order valence-electron chi connectivity index (χ0n) is 18.1. The monoisotopic (exact) mass is 417 g/mol. The summed E-state index contributed by atoms with van der Waals surface area (Å²) in [5, 5.41) is 12.6. The van der Waals surface area contributed by atoms with Gasteiger partial charge in [-0.25, -0.2) is 0 Å². The number of aryl methyl sites for hydroxylation is 2. The lowest BCUT2D eigenvalue weighted by molar-refractivity contribution is 0.0951. The van der Waals surface area contributed by atoms with E-state index >= 15 is 0 Å². The molecule has 3 aromatic carbocycles. The number of nitrogens with one attached hydrogen (secondary N) is 1. The lowest BCUT2D eigenvalue weighted by Gasteiger charge is -2.12. The summed E-state index contributed by atoms with van der Waals surface area (Å²) in [5.74, 6) is -0.171. The molecule has 4 rings (SSSR count). The van der Waals surface area contributed by atoms with Gasteiger partial charge in [0.1, 0.15) is 0 Å². The van der Waals surface area contributed by atoms with E-state index in [-0.39, 0.29) is 5.91 Å². The van der Waals surface area contributed by atoms with Crippen LogP contribution in [0.2, 0.25) is 0 Å². The summed E-state index contributed by atoms with van der Waals surface area (Å²) in [4.78, 5) is 17.3. The maximum Gasteiger partial charge on any atom is 0.251 e. The first-order valence-corrected chi connectivity index (χ1v) is 10.4. The summed E-state index contributed by atoms with van der Waals surface area (Å²) < 4.78 is 0. The Kier molecular flexibility index (Phi) is 6.10. The summed E-state index contributed by atoms with van der Waals surface area (Å²) in [5.41, 5.74) is 7.76. The van der Waals surface area contributed by atoms with E-state index in [0.717, 1.165) is 33.5 Å². The molecule has 0 bridgehead atoms. The van der Waals surface area contributed by atoms with E-state index in [1.165, 1.54) is 5.56 Å². The highest BCUT2D eigenvalue weighted by Gasteiger charge is 2.13. The van der Waals surface area contributed by atoms with Crippen molar-refractivity contribution in [2.45, 2.75) is 20.4 Å². The zero-order chi connectivity index (χ0) is 22.5. The maximum atomic E-state index is 13.1. The van der Waals surface area contributed by atoms with E-state index in [4.69, 9.17) is 0 Å². The smallest absolute Gasteiger partial charge is 0.251 e. The molecule has 0 fully saturated rings. The molecule has 4 heteroatoms. The van der Waals surface area contributed by atoms with Crippen molar-refractivity contribution in [1.82, 2.24) is 10.3 Å². The van der Waals surface area contributed by atoms with Gasteiger partial charge in [-0.3, -0.25) is 9.78 Å². The van der Waals surface area contributed by atoms with Crippen LogP contribution in [0.3, 0.4) is 0 Å². The third-order valence-corrected chi connectivity index (χ3v) is 5.36. The Hall–Kier alpha value is -4.23. The Morgan fingerprint density at radius 1 is 0.906 bits per heavy atom. The molecule has 0 radical (unpaired) electrons. The van der Waals surface area contributed by atoms with Crippen molar-refractivity contribution >= 4 is 5.91 Å². The van der Waals surface area contributed by atoms with Gasteiger partial charge in [0.05, 0.1) is 11.6 Å². The predicted octanol–water partition coefficient (Wildman–Crippen LogP) is 5.83. The predicted molar refractivity (Wildman–Crippen MR) is 127 cm³/mol. The second-order valence-corrected chi connectivity index (χ2v) is 7.81. The molecule has 0 atom stereocenters. The summed E-state index contributed by atoms with van der Waals surface area (Å²) in [6.07, 6.45) is 1.77. The molecule has 0 saturated heterocycles. The molecular weight excluding hydrogens is 394 g/mol. The van der Waals surface area contributed by atoms with E-state index in [1.807, 2.05) is 74.5 Å². The van der Waals surface area contributed by atoms with Gasteiger partial charge < -0.3 is 5.32 Å². The van der Waals surface area contributed by atoms with Gasteiger partial charge in [-0.1, -0.05) is 54.1 Å². The molecule has 1 heterocycles. The SMILES string of the molecule is Cc1ccc(-c2cc(C(=O)NCc3ccc(C)nc3)cc(-c3ccccc3C#N)c2)cc1. The van der Waals surface area contributed by atoms with Crippen LogP contribution in [0.25, 0.3) is 22.3 Å². The Morgan fingerprint density at radius 2 is 1.66 bits per heavy atom. The van der Waals surface area contributed by atoms with Crippen molar-refractivity contribution in [3.05, 3.63) is 113 Å². The number of hydrogen-bond acceptors (Lipinski definition) is 3. The van der Waals surface area contributed by atoms with E-state index in [0.29, 0.717) is 17.7 Å². The number of hydrogen-bond donors (Lipinski definition) is 1. The average Bonchev–Trinajstić information content (AvgIpc) is 2.83. The highest BCUT2D eigenvalue weighted by atomic mass is 16.1. The van der Waals surface area contributed by atoms with Gasteiger partial charge in [0, 0.05) is 24.0 Å². The molecule has 156 valence electrons. The van der Waals surface area contributed by atoms with E-state index in [2.05, 4.69) is 28.5 Å². The topological polar surface area (TPSA) is 65.8 Å². The number of aromatic nitrogens is 1. The highest BCUT2D eigenvalue weighted by molar-refractivity contribution is 5.97. The van der Waals surface area contributed by atoms with E-state index < -0.39 is 0 Å². The molecule has 4 nitrogen and oxygen atoms in total. The first-order valence-electron chi connectivity index (χ1n) is 10.4. The van der Waals surface area contributed by atoms with Gasteiger partial charge in [0.25, 0.3) is 5.91 Å². The van der Waals surface area contributed by atoms with Crippen LogP contribution in [0.5, 0.6) is 0 Å². The van der Waals surface area contributed by atoms with Gasteiger partial charge in [-0.05, 0) is 72.0 Å². The standard InChI is InChI=1S/C28H23N3O/c1-19-7-11-22(12-8-19)24-13-25(27-6-4-3-5-23(27)16-29)15-26(14-24)28(32)31-18-21-10-9-20(2)30-17-21/h3-15,17H,18H2,1-2H3,(H,31,32). The summed E-state index contributed by atoms with van der Waals surface area (Å²) in [6.45, 7) is 4.37. The van der Waals surface area contributed by atoms with Crippen LogP contribution in [0.4, 0.5) is 0 Å². The molecule has 32 heavy (non-hydrogen) atoms.